The van der Waals surface area contributed by atoms with Gasteiger partial charge in [0.1, 0.15) is 5.75 Å². The van der Waals surface area contributed by atoms with Crippen molar-refractivity contribution in [2.75, 3.05) is 26.3 Å². The molecule has 0 spiro atoms. The third-order valence-corrected chi connectivity index (χ3v) is 4.10. The van der Waals surface area contributed by atoms with Crippen LogP contribution in [0, 0.1) is 19.8 Å². The third kappa shape index (κ3) is 4.21. The maximum Gasteiger partial charge on any atom is 0.226 e. The first-order chi connectivity index (χ1) is 10.1. The molecule has 1 unspecified atom stereocenters. The first-order valence-corrected chi connectivity index (χ1v) is 7.69. The highest BCUT2D eigenvalue weighted by Gasteiger charge is 2.22. The second-order valence-electron chi connectivity index (χ2n) is 5.85. The SMILES string of the molecule is Cc1cccc(C)c1OCCC(=O)N1CCCC(CO)C1. The van der Waals surface area contributed by atoms with E-state index in [-0.39, 0.29) is 18.4 Å². The first kappa shape index (κ1) is 15.8. The van der Waals surface area contributed by atoms with Crippen LogP contribution in [0.15, 0.2) is 18.2 Å². The maximum absolute atomic E-state index is 12.2. The zero-order chi connectivity index (χ0) is 15.2. The molecule has 0 aromatic heterocycles. The Hall–Kier alpha value is -1.55. The fraction of sp³-hybridized carbons (Fsp3) is 0.588. The van der Waals surface area contributed by atoms with Crippen molar-refractivity contribution in [2.24, 2.45) is 5.92 Å². The van der Waals surface area contributed by atoms with E-state index in [9.17, 15) is 9.90 Å². The van der Waals surface area contributed by atoms with Crippen LogP contribution in [0.4, 0.5) is 0 Å². The van der Waals surface area contributed by atoms with Gasteiger partial charge in [-0.2, -0.15) is 0 Å². The second kappa shape index (κ2) is 7.46. The molecule has 2 rings (SSSR count). The lowest BCUT2D eigenvalue weighted by Gasteiger charge is -2.32. The minimum atomic E-state index is 0.124. The van der Waals surface area contributed by atoms with Crippen molar-refractivity contribution in [3.05, 3.63) is 29.3 Å². The predicted octanol–water partition coefficient (Wildman–Crippen LogP) is 2.30. The Balaban J connectivity index is 1.81. The van der Waals surface area contributed by atoms with Gasteiger partial charge in [0.15, 0.2) is 0 Å². The van der Waals surface area contributed by atoms with Crippen LogP contribution in [-0.2, 0) is 4.79 Å². The van der Waals surface area contributed by atoms with E-state index >= 15 is 0 Å². The van der Waals surface area contributed by atoms with Gasteiger partial charge in [-0.25, -0.2) is 0 Å². The summed E-state index contributed by atoms with van der Waals surface area (Å²) in [5, 5.41) is 9.21. The summed E-state index contributed by atoms with van der Waals surface area (Å²) >= 11 is 0. The lowest BCUT2D eigenvalue weighted by atomic mass is 9.99. The average molecular weight is 291 g/mol. The number of likely N-dealkylation sites (tertiary alicyclic amines) is 1. The zero-order valence-corrected chi connectivity index (χ0v) is 13.0. The molecule has 1 heterocycles. The lowest BCUT2D eigenvalue weighted by molar-refractivity contribution is -0.133. The van der Waals surface area contributed by atoms with Crippen LogP contribution >= 0.6 is 0 Å². The zero-order valence-electron chi connectivity index (χ0n) is 13.0. The van der Waals surface area contributed by atoms with E-state index in [2.05, 4.69) is 0 Å². The Bertz CT molecular complexity index is 467. The van der Waals surface area contributed by atoms with Crippen molar-refractivity contribution in [3.8, 4) is 5.75 Å². The minimum Gasteiger partial charge on any atom is -0.493 e. The van der Waals surface area contributed by atoms with Gasteiger partial charge in [-0.1, -0.05) is 18.2 Å². The second-order valence-corrected chi connectivity index (χ2v) is 5.85. The number of nitrogens with zero attached hydrogens (tertiary/aromatic N) is 1. The lowest BCUT2D eigenvalue weighted by Crippen LogP contribution is -2.41. The topological polar surface area (TPSA) is 49.8 Å². The number of hydrogen-bond acceptors (Lipinski definition) is 3. The smallest absolute Gasteiger partial charge is 0.226 e. The third-order valence-electron chi connectivity index (χ3n) is 4.10. The molecule has 1 saturated heterocycles. The first-order valence-electron chi connectivity index (χ1n) is 7.69. The van der Waals surface area contributed by atoms with Gasteiger partial charge >= 0.3 is 0 Å². The summed E-state index contributed by atoms with van der Waals surface area (Å²) in [5.41, 5.74) is 2.20. The van der Waals surface area contributed by atoms with Gasteiger partial charge < -0.3 is 14.7 Å². The quantitative estimate of drug-likeness (QED) is 0.905. The molecular formula is C17H25NO3. The summed E-state index contributed by atoms with van der Waals surface area (Å²) in [4.78, 5) is 14.0. The molecule has 0 radical (unpaired) electrons. The van der Waals surface area contributed by atoms with Crippen molar-refractivity contribution >= 4 is 5.91 Å². The molecule has 1 aromatic rings. The number of benzene rings is 1. The Kier molecular flexibility index (Phi) is 5.62. The van der Waals surface area contributed by atoms with Crippen LogP contribution in [0.1, 0.15) is 30.4 Å². The van der Waals surface area contributed by atoms with Crippen LogP contribution < -0.4 is 4.74 Å². The van der Waals surface area contributed by atoms with Gasteiger partial charge in [-0.15, -0.1) is 0 Å². The standard InChI is InChI=1S/C17H25NO3/c1-13-5-3-6-14(2)17(13)21-10-8-16(20)18-9-4-7-15(11-18)12-19/h3,5-6,15,19H,4,7-12H2,1-2H3. The molecule has 1 amide bonds. The van der Waals surface area contributed by atoms with Crippen molar-refractivity contribution in [3.63, 3.8) is 0 Å². The number of carbonyl (C=O) groups excluding carboxylic acids is 1. The van der Waals surface area contributed by atoms with Crippen molar-refractivity contribution in [2.45, 2.75) is 33.1 Å². The maximum atomic E-state index is 12.2. The van der Waals surface area contributed by atoms with Gasteiger partial charge in [0, 0.05) is 19.7 Å². The number of para-hydroxylation sites is 1. The number of aliphatic hydroxyl groups excluding tert-OH is 1. The van der Waals surface area contributed by atoms with E-state index < -0.39 is 0 Å². The highest BCUT2D eigenvalue weighted by atomic mass is 16.5. The number of aliphatic hydroxyl groups is 1. The average Bonchev–Trinajstić information content (AvgIpc) is 2.50. The van der Waals surface area contributed by atoms with Gasteiger partial charge in [0.05, 0.1) is 13.0 Å². The highest BCUT2D eigenvalue weighted by Crippen LogP contribution is 2.22. The van der Waals surface area contributed by atoms with Crippen LogP contribution in [-0.4, -0.2) is 42.2 Å². The normalized spacial score (nSPS) is 18.6. The number of aryl methyl sites for hydroxylation is 2. The molecule has 4 heteroatoms. The molecule has 4 nitrogen and oxygen atoms in total. The fourth-order valence-corrected chi connectivity index (χ4v) is 2.87. The number of hydrogen-bond donors (Lipinski definition) is 1. The molecule has 21 heavy (non-hydrogen) atoms. The van der Waals surface area contributed by atoms with E-state index in [4.69, 9.17) is 4.74 Å². The fourth-order valence-electron chi connectivity index (χ4n) is 2.87. The van der Waals surface area contributed by atoms with Crippen molar-refractivity contribution in [1.29, 1.82) is 0 Å². The molecule has 1 aliphatic rings. The Morgan fingerprint density at radius 2 is 2.10 bits per heavy atom. The van der Waals surface area contributed by atoms with Gasteiger partial charge in [-0.05, 0) is 43.7 Å². The van der Waals surface area contributed by atoms with Gasteiger partial charge in [0.25, 0.3) is 0 Å². The summed E-state index contributed by atoms with van der Waals surface area (Å²) < 4.78 is 5.79. The van der Waals surface area contributed by atoms with Crippen LogP contribution in [0.3, 0.4) is 0 Å². The molecule has 1 atom stereocenters. The summed E-state index contributed by atoms with van der Waals surface area (Å²) in [7, 11) is 0. The van der Waals surface area contributed by atoms with E-state index in [1.165, 1.54) is 0 Å². The minimum absolute atomic E-state index is 0.124. The Morgan fingerprint density at radius 3 is 2.76 bits per heavy atom. The summed E-state index contributed by atoms with van der Waals surface area (Å²) in [6.07, 6.45) is 2.39. The van der Waals surface area contributed by atoms with E-state index in [1.54, 1.807) is 0 Å². The molecule has 0 saturated carbocycles. The molecule has 1 aromatic carbocycles. The summed E-state index contributed by atoms with van der Waals surface area (Å²) in [6.45, 7) is 6.09. The molecule has 0 aliphatic carbocycles. The van der Waals surface area contributed by atoms with Crippen LogP contribution in [0.5, 0.6) is 5.75 Å². The Labute approximate surface area is 126 Å². The van der Waals surface area contributed by atoms with Gasteiger partial charge in [-0.3, -0.25) is 4.79 Å². The van der Waals surface area contributed by atoms with E-state index in [0.717, 1.165) is 36.3 Å². The summed E-state index contributed by atoms with van der Waals surface area (Å²) in [6, 6.07) is 6.03. The van der Waals surface area contributed by atoms with Crippen molar-refractivity contribution in [1.82, 2.24) is 4.90 Å². The van der Waals surface area contributed by atoms with Crippen LogP contribution in [0.25, 0.3) is 0 Å². The van der Waals surface area contributed by atoms with E-state index in [1.807, 2.05) is 36.9 Å². The molecule has 1 aliphatic heterocycles. The molecule has 1 N–H and O–H groups in total. The monoisotopic (exact) mass is 291 g/mol. The largest absolute Gasteiger partial charge is 0.493 e. The molecule has 116 valence electrons. The van der Waals surface area contributed by atoms with Gasteiger partial charge in [0.2, 0.25) is 5.91 Å². The predicted molar refractivity (Wildman–Crippen MR) is 82.4 cm³/mol. The number of amides is 1. The molecular weight excluding hydrogens is 266 g/mol. The number of carbonyl (C=O) groups is 1. The number of ether oxygens (including phenoxy) is 1. The number of rotatable bonds is 5. The molecule has 0 bridgehead atoms. The van der Waals surface area contributed by atoms with Crippen LogP contribution in [0.2, 0.25) is 0 Å². The Morgan fingerprint density at radius 1 is 1.38 bits per heavy atom. The summed E-state index contributed by atoms with van der Waals surface area (Å²) in [5.74, 6) is 1.25. The highest BCUT2D eigenvalue weighted by molar-refractivity contribution is 5.76. The van der Waals surface area contributed by atoms with Crippen molar-refractivity contribution < 1.29 is 14.6 Å². The molecule has 1 fully saturated rings. The van der Waals surface area contributed by atoms with E-state index in [0.29, 0.717) is 19.6 Å². The number of piperidine rings is 1.